The molecule has 6 heteroatoms. The molecule has 0 bridgehead atoms. The van der Waals surface area contributed by atoms with Crippen LogP contribution in [0.4, 0.5) is 0 Å². The van der Waals surface area contributed by atoms with E-state index < -0.39 is 0 Å². The van der Waals surface area contributed by atoms with Crippen LogP contribution in [0.25, 0.3) is 0 Å². The lowest BCUT2D eigenvalue weighted by Gasteiger charge is -2.19. The second-order valence-corrected chi connectivity index (χ2v) is 5.57. The zero-order valence-corrected chi connectivity index (χ0v) is 12.4. The molecule has 0 amide bonds. The molecule has 1 fully saturated rings. The van der Waals surface area contributed by atoms with Crippen LogP contribution in [-0.2, 0) is 17.8 Å². The number of hydrogen-bond acceptors (Lipinski definition) is 5. The molecule has 6 nitrogen and oxygen atoms in total. The van der Waals surface area contributed by atoms with Crippen molar-refractivity contribution in [2.75, 3.05) is 20.2 Å². The fourth-order valence-electron chi connectivity index (χ4n) is 2.66. The largest absolute Gasteiger partial charge is 0.377 e. The van der Waals surface area contributed by atoms with E-state index in [1.54, 1.807) is 0 Å². The highest BCUT2D eigenvalue weighted by atomic mass is 16.5. The van der Waals surface area contributed by atoms with Gasteiger partial charge in [-0.25, -0.2) is 4.68 Å². The standard InChI is InChI=1S/C15H21N5O/c1-19(11-14-8-5-9-21-14)12-15-16-17-18-20(15)10-13-6-3-2-4-7-13/h2-4,6-7,14H,5,8-12H2,1H3/t14-/m0/s1. The van der Waals surface area contributed by atoms with E-state index in [0.717, 1.165) is 31.9 Å². The minimum absolute atomic E-state index is 0.355. The van der Waals surface area contributed by atoms with Gasteiger partial charge >= 0.3 is 0 Å². The average Bonchev–Trinajstić information content (AvgIpc) is 3.13. The number of ether oxygens (including phenoxy) is 1. The van der Waals surface area contributed by atoms with Crippen LogP contribution in [0.5, 0.6) is 0 Å². The van der Waals surface area contributed by atoms with Crippen LogP contribution in [0.3, 0.4) is 0 Å². The van der Waals surface area contributed by atoms with Gasteiger partial charge in [-0.3, -0.25) is 4.90 Å². The van der Waals surface area contributed by atoms with Crippen LogP contribution in [0.2, 0.25) is 0 Å². The van der Waals surface area contributed by atoms with Crippen LogP contribution in [0, 0.1) is 0 Å². The number of nitrogens with zero attached hydrogens (tertiary/aromatic N) is 5. The molecule has 112 valence electrons. The Kier molecular flexibility index (Phi) is 4.57. The summed E-state index contributed by atoms with van der Waals surface area (Å²) in [6.07, 6.45) is 2.68. The maximum atomic E-state index is 5.67. The molecule has 1 aromatic heterocycles. The third-order valence-electron chi connectivity index (χ3n) is 3.73. The van der Waals surface area contributed by atoms with Crippen molar-refractivity contribution in [1.82, 2.24) is 25.1 Å². The van der Waals surface area contributed by atoms with Gasteiger partial charge in [-0.2, -0.15) is 0 Å². The highest BCUT2D eigenvalue weighted by Gasteiger charge is 2.18. The van der Waals surface area contributed by atoms with Crippen molar-refractivity contribution in [2.24, 2.45) is 0 Å². The van der Waals surface area contributed by atoms with Crippen molar-refractivity contribution < 1.29 is 4.74 Å². The molecule has 1 aliphatic heterocycles. The molecule has 2 heterocycles. The number of likely N-dealkylation sites (N-methyl/N-ethyl adjacent to an activating group) is 1. The summed E-state index contributed by atoms with van der Waals surface area (Å²) < 4.78 is 7.53. The van der Waals surface area contributed by atoms with Crippen LogP contribution in [0.1, 0.15) is 24.2 Å². The summed E-state index contributed by atoms with van der Waals surface area (Å²) in [5, 5.41) is 12.0. The highest BCUT2D eigenvalue weighted by Crippen LogP contribution is 2.13. The molecule has 1 aromatic carbocycles. The molecule has 3 rings (SSSR count). The summed E-state index contributed by atoms with van der Waals surface area (Å²) >= 11 is 0. The molecule has 0 unspecified atom stereocenters. The van der Waals surface area contributed by atoms with E-state index in [-0.39, 0.29) is 0 Å². The van der Waals surface area contributed by atoms with Crippen LogP contribution in [-0.4, -0.2) is 51.4 Å². The first-order chi connectivity index (χ1) is 10.3. The minimum atomic E-state index is 0.355. The Morgan fingerprint density at radius 2 is 2.19 bits per heavy atom. The maximum absolute atomic E-state index is 5.67. The van der Waals surface area contributed by atoms with Crippen molar-refractivity contribution in [1.29, 1.82) is 0 Å². The second-order valence-electron chi connectivity index (χ2n) is 5.57. The molecule has 1 atom stereocenters. The Bertz CT molecular complexity index is 550. The SMILES string of the molecule is CN(Cc1nnnn1Cc1ccccc1)C[C@@H]1CCCO1. The van der Waals surface area contributed by atoms with Gasteiger partial charge in [0, 0.05) is 13.2 Å². The lowest BCUT2D eigenvalue weighted by molar-refractivity contribution is 0.0782. The zero-order chi connectivity index (χ0) is 14.5. The molecule has 1 aliphatic rings. The summed E-state index contributed by atoms with van der Waals surface area (Å²) in [7, 11) is 2.09. The number of tetrazole rings is 1. The molecular formula is C15H21N5O. The van der Waals surface area contributed by atoms with Crippen LogP contribution in [0.15, 0.2) is 30.3 Å². The Balaban J connectivity index is 1.59. The van der Waals surface area contributed by atoms with Crippen molar-refractivity contribution in [3.05, 3.63) is 41.7 Å². The Morgan fingerprint density at radius 1 is 1.33 bits per heavy atom. The first kappa shape index (κ1) is 14.2. The zero-order valence-electron chi connectivity index (χ0n) is 12.4. The fourth-order valence-corrected chi connectivity index (χ4v) is 2.66. The van der Waals surface area contributed by atoms with E-state index in [4.69, 9.17) is 4.74 Å². The fraction of sp³-hybridized carbons (Fsp3) is 0.533. The van der Waals surface area contributed by atoms with E-state index in [0.29, 0.717) is 12.6 Å². The molecule has 2 aromatic rings. The van der Waals surface area contributed by atoms with Gasteiger partial charge in [-0.05, 0) is 35.9 Å². The highest BCUT2D eigenvalue weighted by molar-refractivity contribution is 5.14. The van der Waals surface area contributed by atoms with Crippen molar-refractivity contribution in [3.63, 3.8) is 0 Å². The lowest BCUT2D eigenvalue weighted by atomic mass is 10.2. The van der Waals surface area contributed by atoms with E-state index in [2.05, 4.69) is 39.6 Å². The summed E-state index contributed by atoms with van der Waals surface area (Å²) in [6, 6.07) is 10.2. The smallest absolute Gasteiger partial charge is 0.165 e. The van der Waals surface area contributed by atoms with E-state index >= 15 is 0 Å². The minimum Gasteiger partial charge on any atom is -0.377 e. The van der Waals surface area contributed by atoms with Gasteiger partial charge in [0.15, 0.2) is 5.82 Å². The maximum Gasteiger partial charge on any atom is 0.165 e. The second kappa shape index (κ2) is 6.78. The summed E-state index contributed by atoms with van der Waals surface area (Å²) in [6.45, 7) is 3.26. The summed E-state index contributed by atoms with van der Waals surface area (Å²) in [5.74, 6) is 0.888. The summed E-state index contributed by atoms with van der Waals surface area (Å²) in [4.78, 5) is 2.23. The van der Waals surface area contributed by atoms with Gasteiger partial charge < -0.3 is 4.74 Å². The van der Waals surface area contributed by atoms with Crippen LogP contribution >= 0.6 is 0 Å². The third-order valence-corrected chi connectivity index (χ3v) is 3.73. The predicted molar refractivity (Wildman–Crippen MR) is 78.7 cm³/mol. The molecular weight excluding hydrogens is 266 g/mol. The molecule has 0 spiro atoms. The van der Waals surface area contributed by atoms with E-state index in [9.17, 15) is 0 Å². The quantitative estimate of drug-likeness (QED) is 0.802. The molecule has 0 radical (unpaired) electrons. The van der Waals surface area contributed by atoms with E-state index in [1.165, 1.54) is 12.0 Å². The number of hydrogen-bond donors (Lipinski definition) is 0. The Labute approximate surface area is 124 Å². The molecule has 0 aliphatic carbocycles. The lowest BCUT2D eigenvalue weighted by Crippen LogP contribution is -2.29. The average molecular weight is 287 g/mol. The Morgan fingerprint density at radius 3 is 2.95 bits per heavy atom. The van der Waals surface area contributed by atoms with E-state index in [1.807, 2.05) is 22.9 Å². The first-order valence-corrected chi connectivity index (χ1v) is 7.40. The van der Waals surface area contributed by atoms with Gasteiger partial charge in [0.1, 0.15) is 0 Å². The van der Waals surface area contributed by atoms with Gasteiger partial charge in [0.05, 0.1) is 19.2 Å². The van der Waals surface area contributed by atoms with Gasteiger partial charge in [-0.15, -0.1) is 5.10 Å². The molecule has 21 heavy (non-hydrogen) atoms. The molecule has 0 saturated carbocycles. The number of aromatic nitrogens is 4. The Hall–Kier alpha value is -1.79. The van der Waals surface area contributed by atoms with Gasteiger partial charge in [-0.1, -0.05) is 30.3 Å². The first-order valence-electron chi connectivity index (χ1n) is 7.40. The van der Waals surface area contributed by atoms with Crippen molar-refractivity contribution in [2.45, 2.75) is 32.0 Å². The monoisotopic (exact) mass is 287 g/mol. The van der Waals surface area contributed by atoms with Gasteiger partial charge in [0.2, 0.25) is 0 Å². The van der Waals surface area contributed by atoms with Crippen molar-refractivity contribution in [3.8, 4) is 0 Å². The normalized spacial score (nSPS) is 18.5. The number of rotatable bonds is 6. The number of benzene rings is 1. The third kappa shape index (κ3) is 3.86. The van der Waals surface area contributed by atoms with Crippen LogP contribution < -0.4 is 0 Å². The topological polar surface area (TPSA) is 56.1 Å². The van der Waals surface area contributed by atoms with Crippen molar-refractivity contribution >= 4 is 0 Å². The molecule has 1 saturated heterocycles. The van der Waals surface area contributed by atoms with Gasteiger partial charge in [0.25, 0.3) is 0 Å². The molecule has 0 N–H and O–H groups in total. The summed E-state index contributed by atoms with van der Waals surface area (Å²) in [5.41, 5.74) is 1.20. The predicted octanol–water partition coefficient (Wildman–Crippen LogP) is 1.33.